The number of hydrogen-bond acceptors (Lipinski definition) is 3. The highest BCUT2D eigenvalue weighted by molar-refractivity contribution is 7.89. The number of amides is 1. The number of rotatable bonds is 6. The van der Waals surface area contributed by atoms with Crippen LogP contribution in [0.15, 0.2) is 59.5 Å². The average Bonchev–Trinajstić information content (AvgIpc) is 3.35. The molecule has 2 aliphatic rings. The quantitative estimate of drug-likeness (QED) is 0.850. The Bertz CT molecular complexity index is 904. The monoisotopic (exact) mass is 370 g/mol. The number of anilines is 1. The standard InChI is InChI=1S/C20H22N2O3S/c23-19-7-4-14-22(19)17-8-10-18(11-9-17)26(24,25)21-15-20(12-13-20)16-5-2-1-3-6-16/h1-3,5-6,8-11,21H,4,7,12-15H2. The van der Waals surface area contributed by atoms with Gasteiger partial charge in [-0.25, -0.2) is 13.1 Å². The lowest BCUT2D eigenvalue weighted by Crippen LogP contribution is -2.32. The van der Waals surface area contributed by atoms with Crippen molar-refractivity contribution in [1.29, 1.82) is 0 Å². The average molecular weight is 370 g/mol. The predicted molar refractivity (Wildman–Crippen MR) is 101 cm³/mol. The van der Waals surface area contributed by atoms with Gasteiger partial charge in [0.15, 0.2) is 0 Å². The summed E-state index contributed by atoms with van der Waals surface area (Å²) in [4.78, 5) is 13.7. The van der Waals surface area contributed by atoms with Crippen LogP contribution >= 0.6 is 0 Å². The number of sulfonamides is 1. The fraction of sp³-hybridized carbons (Fsp3) is 0.350. The summed E-state index contributed by atoms with van der Waals surface area (Å²) in [5.41, 5.74) is 1.87. The van der Waals surface area contributed by atoms with E-state index in [0.29, 0.717) is 19.5 Å². The van der Waals surface area contributed by atoms with Gasteiger partial charge in [0.25, 0.3) is 0 Å². The SMILES string of the molecule is O=C1CCCN1c1ccc(S(=O)(=O)NCC2(c3ccccc3)CC2)cc1. The van der Waals surface area contributed by atoms with Crippen LogP contribution in [0, 0.1) is 0 Å². The zero-order valence-electron chi connectivity index (χ0n) is 14.5. The Morgan fingerprint density at radius 2 is 1.69 bits per heavy atom. The minimum absolute atomic E-state index is 0.0732. The largest absolute Gasteiger partial charge is 0.312 e. The molecule has 1 heterocycles. The number of carbonyl (C=O) groups excluding carboxylic acids is 1. The van der Waals surface area contributed by atoms with Gasteiger partial charge in [0.05, 0.1) is 4.90 Å². The van der Waals surface area contributed by atoms with E-state index >= 15 is 0 Å². The van der Waals surface area contributed by atoms with Gasteiger partial charge in [-0.15, -0.1) is 0 Å². The molecule has 0 radical (unpaired) electrons. The lowest BCUT2D eigenvalue weighted by molar-refractivity contribution is -0.117. The Hall–Kier alpha value is -2.18. The lowest BCUT2D eigenvalue weighted by Gasteiger charge is -2.18. The van der Waals surface area contributed by atoms with Crippen LogP contribution in [0.25, 0.3) is 0 Å². The van der Waals surface area contributed by atoms with Crippen LogP contribution in [0.5, 0.6) is 0 Å². The predicted octanol–water partition coefficient (Wildman–Crippen LogP) is 2.82. The van der Waals surface area contributed by atoms with Crippen molar-refractivity contribution in [1.82, 2.24) is 4.72 Å². The smallest absolute Gasteiger partial charge is 0.240 e. The van der Waals surface area contributed by atoms with E-state index in [4.69, 9.17) is 0 Å². The highest BCUT2D eigenvalue weighted by Gasteiger charge is 2.44. The second-order valence-electron chi connectivity index (χ2n) is 7.11. The first-order valence-electron chi connectivity index (χ1n) is 8.96. The number of carbonyl (C=O) groups is 1. The summed E-state index contributed by atoms with van der Waals surface area (Å²) in [6.45, 7) is 1.11. The Labute approximate surface area is 154 Å². The highest BCUT2D eigenvalue weighted by atomic mass is 32.2. The van der Waals surface area contributed by atoms with Gasteiger partial charge >= 0.3 is 0 Å². The zero-order valence-corrected chi connectivity index (χ0v) is 15.3. The van der Waals surface area contributed by atoms with Gasteiger partial charge in [-0.1, -0.05) is 30.3 Å². The van der Waals surface area contributed by atoms with Crippen LogP contribution in [0.2, 0.25) is 0 Å². The summed E-state index contributed by atoms with van der Waals surface area (Å²) in [5, 5.41) is 0. The number of benzene rings is 2. The zero-order chi connectivity index (χ0) is 18.2. The third-order valence-corrected chi connectivity index (χ3v) is 6.79. The normalized spacial score (nSPS) is 18.9. The van der Waals surface area contributed by atoms with Gasteiger partial charge in [-0.05, 0) is 49.1 Å². The molecule has 1 saturated carbocycles. The molecule has 0 atom stereocenters. The Morgan fingerprint density at radius 3 is 2.27 bits per heavy atom. The minimum atomic E-state index is -3.57. The number of hydrogen-bond donors (Lipinski definition) is 1. The summed E-state index contributed by atoms with van der Waals surface area (Å²) < 4.78 is 28.1. The fourth-order valence-electron chi connectivity index (χ4n) is 3.55. The molecule has 1 aliphatic heterocycles. The Kier molecular flexibility index (Phi) is 4.32. The molecule has 2 aromatic carbocycles. The molecule has 6 heteroatoms. The van der Waals surface area contributed by atoms with E-state index in [1.807, 2.05) is 18.2 Å². The number of nitrogens with one attached hydrogen (secondary N) is 1. The van der Waals surface area contributed by atoms with E-state index < -0.39 is 10.0 Å². The van der Waals surface area contributed by atoms with E-state index in [9.17, 15) is 13.2 Å². The van der Waals surface area contributed by atoms with Gasteiger partial charge < -0.3 is 4.90 Å². The topological polar surface area (TPSA) is 66.5 Å². The van der Waals surface area contributed by atoms with Crippen molar-refractivity contribution in [2.75, 3.05) is 18.0 Å². The summed E-state index contributed by atoms with van der Waals surface area (Å²) in [6, 6.07) is 16.6. The van der Waals surface area contributed by atoms with Gasteiger partial charge in [0.2, 0.25) is 15.9 Å². The maximum atomic E-state index is 12.6. The summed E-state index contributed by atoms with van der Waals surface area (Å²) in [7, 11) is -3.57. The van der Waals surface area contributed by atoms with E-state index in [1.165, 1.54) is 5.56 Å². The second-order valence-corrected chi connectivity index (χ2v) is 8.88. The molecule has 1 saturated heterocycles. The van der Waals surface area contributed by atoms with Crippen molar-refractivity contribution < 1.29 is 13.2 Å². The summed E-state index contributed by atoms with van der Waals surface area (Å²) >= 11 is 0. The second kappa shape index (κ2) is 6.52. The molecule has 2 aromatic rings. The maximum absolute atomic E-state index is 12.6. The van der Waals surface area contributed by atoms with Gasteiger partial charge in [0, 0.05) is 30.6 Å². The van der Waals surface area contributed by atoms with Crippen LogP contribution in [-0.4, -0.2) is 27.4 Å². The van der Waals surface area contributed by atoms with Crippen molar-refractivity contribution >= 4 is 21.6 Å². The van der Waals surface area contributed by atoms with Crippen molar-refractivity contribution in [3.05, 3.63) is 60.2 Å². The molecule has 2 fully saturated rings. The van der Waals surface area contributed by atoms with Crippen LogP contribution in [-0.2, 0) is 20.2 Å². The van der Waals surface area contributed by atoms with Crippen molar-refractivity contribution in [2.24, 2.45) is 0 Å². The van der Waals surface area contributed by atoms with Crippen molar-refractivity contribution in [2.45, 2.75) is 36.0 Å². The summed E-state index contributed by atoms with van der Waals surface area (Å²) in [6.07, 6.45) is 3.40. The van der Waals surface area contributed by atoms with Gasteiger partial charge in [-0.2, -0.15) is 0 Å². The molecular weight excluding hydrogens is 348 g/mol. The van der Waals surface area contributed by atoms with E-state index in [1.54, 1.807) is 29.2 Å². The molecule has 1 N–H and O–H groups in total. The Balaban J connectivity index is 1.46. The molecule has 0 spiro atoms. The fourth-order valence-corrected chi connectivity index (χ4v) is 4.68. The molecule has 4 rings (SSSR count). The van der Waals surface area contributed by atoms with Crippen LogP contribution in [0.1, 0.15) is 31.2 Å². The van der Waals surface area contributed by atoms with Crippen LogP contribution in [0.3, 0.4) is 0 Å². The van der Waals surface area contributed by atoms with Crippen molar-refractivity contribution in [3.63, 3.8) is 0 Å². The van der Waals surface area contributed by atoms with Gasteiger partial charge in [-0.3, -0.25) is 4.79 Å². The maximum Gasteiger partial charge on any atom is 0.240 e. The molecular formula is C20H22N2O3S. The third-order valence-electron chi connectivity index (χ3n) is 5.37. The van der Waals surface area contributed by atoms with Crippen LogP contribution in [0.4, 0.5) is 5.69 Å². The first kappa shape index (κ1) is 17.2. The van der Waals surface area contributed by atoms with Gasteiger partial charge in [0.1, 0.15) is 0 Å². The van der Waals surface area contributed by atoms with E-state index in [0.717, 1.165) is 24.9 Å². The minimum Gasteiger partial charge on any atom is -0.312 e. The van der Waals surface area contributed by atoms with Crippen molar-refractivity contribution in [3.8, 4) is 0 Å². The first-order chi connectivity index (χ1) is 12.5. The molecule has 5 nitrogen and oxygen atoms in total. The van der Waals surface area contributed by atoms with E-state index in [2.05, 4.69) is 16.9 Å². The number of nitrogens with zero attached hydrogens (tertiary/aromatic N) is 1. The van der Waals surface area contributed by atoms with Crippen LogP contribution < -0.4 is 9.62 Å². The van der Waals surface area contributed by atoms with E-state index in [-0.39, 0.29) is 16.2 Å². The summed E-state index contributed by atoms with van der Waals surface area (Å²) in [5.74, 6) is 0.0947. The third kappa shape index (κ3) is 3.27. The molecule has 0 bridgehead atoms. The molecule has 1 aliphatic carbocycles. The Morgan fingerprint density at radius 1 is 1.00 bits per heavy atom. The highest BCUT2D eigenvalue weighted by Crippen LogP contribution is 2.47. The first-order valence-corrected chi connectivity index (χ1v) is 10.4. The molecule has 1 amide bonds. The molecule has 136 valence electrons. The molecule has 0 unspecified atom stereocenters. The molecule has 26 heavy (non-hydrogen) atoms. The molecule has 0 aromatic heterocycles. The lowest BCUT2D eigenvalue weighted by atomic mass is 9.96.